The number of halogens is 2. The van der Waals surface area contributed by atoms with Crippen molar-refractivity contribution in [1.29, 1.82) is 0 Å². The Morgan fingerprint density at radius 1 is 1.10 bits per heavy atom. The molecule has 21 heavy (non-hydrogen) atoms. The van der Waals surface area contributed by atoms with E-state index >= 15 is 0 Å². The zero-order valence-corrected chi connectivity index (χ0v) is 15.1. The van der Waals surface area contributed by atoms with Gasteiger partial charge in [-0.25, -0.2) is 0 Å². The lowest BCUT2D eigenvalue weighted by Gasteiger charge is -2.09. The van der Waals surface area contributed by atoms with Crippen LogP contribution in [0.25, 0.3) is 0 Å². The fraction of sp³-hybridized carbons (Fsp3) is 0.235. The quantitative estimate of drug-likeness (QED) is 0.598. The van der Waals surface area contributed by atoms with Gasteiger partial charge in [-0.2, -0.15) is 0 Å². The van der Waals surface area contributed by atoms with E-state index < -0.39 is 0 Å². The van der Waals surface area contributed by atoms with Crippen LogP contribution in [0.5, 0.6) is 5.75 Å². The van der Waals surface area contributed by atoms with Gasteiger partial charge in [-0.3, -0.25) is 4.79 Å². The Labute approximate surface area is 141 Å². The van der Waals surface area contributed by atoms with Crippen LogP contribution in [-0.4, -0.2) is 12.4 Å². The smallest absolute Gasteiger partial charge is 0.200 e. The Bertz CT molecular complexity index is 634. The molecule has 2 nitrogen and oxygen atoms in total. The zero-order chi connectivity index (χ0) is 15.4. The van der Waals surface area contributed by atoms with Gasteiger partial charge in [0.15, 0.2) is 12.4 Å². The van der Waals surface area contributed by atoms with Gasteiger partial charge in [0.1, 0.15) is 5.75 Å². The maximum absolute atomic E-state index is 12.1. The van der Waals surface area contributed by atoms with Crippen LogP contribution < -0.4 is 4.74 Å². The topological polar surface area (TPSA) is 26.3 Å². The first kappa shape index (κ1) is 16.2. The molecule has 0 atom stereocenters. The van der Waals surface area contributed by atoms with Crippen LogP contribution in [0, 0.1) is 0 Å². The maximum atomic E-state index is 12.1. The summed E-state index contributed by atoms with van der Waals surface area (Å²) in [6.45, 7) is 4.29. The minimum Gasteiger partial charge on any atom is -0.484 e. The summed E-state index contributed by atoms with van der Waals surface area (Å²) in [6.07, 6.45) is 0. The largest absolute Gasteiger partial charge is 0.484 e. The van der Waals surface area contributed by atoms with Crippen LogP contribution >= 0.6 is 31.9 Å². The third kappa shape index (κ3) is 4.42. The molecule has 2 aromatic carbocycles. The molecular formula is C17H16Br2O2. The molecule has 0 aromatic heterocycles. The molecular weight excluding hydrogens is 396 g/mol. The second-order valence-electron chi connectivity index (χ2n) is 5.06. The number of hydrogen-bond donors (Lipinski definition) is 0. The fourth-order valence-electron chi connectivity index (χ4n) is 1.87. The Morgan fingerprint density at radius 3 is 2.33 bits per heavy atom. The van der Waals surface area contributed by atoms with E-state index in [4.69, 9.17) is 4.74 Å². The number of carbonyl (C=O) groups is 1. The van der Waals surface area contributed by atoms with E-state index in [1.807, 2.05) is 42.5 Å². The molecule has 0 aliphatic heterocycles. The van der Waals surface area contributed by atoms with E-state index in [1.54, 1.807) is 0 Å². The van der Waals surface area contributed by atoms with E-state index in [-0.39, 0.29) is 12.4 Å². The van der Waals surface area contributed by atoms with Crippen LogP contribution in [0.3, 0.4) is 0 Å². The predicted molar refractivity (Wildman–Crippen MR) is 92.2 cm³/mol. The summed E-state index contributed by atoms with van der Waals surface area (Å²) in [5.41, 5.74) is 1.90. The van der Waals surface area contributed by atoms with Gasteiger partial charge in [-0.1, -0.05) is 54.0 Å². The van der Waals surface area contributed by atoms with Gasteiger partial charge in [-0.15, -0.1) is 0 Å². The predicted octanol–water partition coefficient (Wildman–Crippen LogP) is 5.60. The van der Waals surface area contributed by atoms with E-state index in [1.165, 1.54) is 5.56 Å². The van der Waals surface area contributed by atoms with Crippen molar-refractivity contribution in [1.82, 2.24) is 0 Å². The highest BCUT2D eigenvalue weighted by molar-refractivity contribution is 9.11. The van der Waals surface area contributed by atoms with Crippen molar-refractivity contribution in [2.75, 3.05) is 6.61 Å². The summed E-state index contributed by atoms with van der Waals surface area (Å²) in [4.78, 5) is 12.1. The minimum atomic E-state index is -0.0277. The van der Waals surface area contributed by atoms with E-state index in [9.17, 15) is 4.79 Å². The van der Waals surface area contributed by atoms with Crippen LogP contribution in [0.4, 0.5) is 0 Å². The minimum absolute atomic E-state index is 0.0277. The van der Waals surface area contributed by atoms with Crippen molar-refractivity contribution in [2.24, 2.45) is 0 Å². The van der Waals surface area contributed by atoms with Crippen molar-refractivity contribution < 1.29 is 9.53 Å². The standard InChI is InChI=1S/C17H16Br2O2/c1-11(2)12-3-5-13(6-4-12)16(20)10-21-17-8-7-14(18)9-15(17)19/h3-9,11H,10H2,1-2H3. The van der Waals surface area contributed by atoms with Gasteiger partial charge in [-0.05, 0) is 45.6 Å². The molecule has 2 aromatic rings. The van der Waals surface area contributed by atoms with Crippen LogP contribution in [0.2, 0.25) is 0 Å². The average Bonchev–Trinajstić information content (AvgIpc) is 2.46. The Morgan fingerprint density at radius 2 is 1.76 bits per heavy atom. The summed E-state index contributed by atoms with van der Waals surface area (Å²) < 4.78 is 7.34. The molecule has 4 heteroatoms. The molecule has 0 radical (unpaired) electrons. The molecule has 0 saturated carbocycles. The van der Waals surface area contributed by atoms with E-state index in [0.717, 1.165) is 8.95 Å². The average molecular weight is 412 g/mol. The molecule has 110 valence electrons. The normalized spacial score (nSPS) is 10.7. The van der Waals surface area contributed by atoms with Crippen molar-refractivity contribution in [3.63, 3.8) is 0 Å². The highest BCUT2D eigenvalue weighted by Gasteiger charge is 2.09. The summed E-state index contributed by atoms with van der Waals surface area (Å²) in [5, 5.41) is 0. The maximum Gasteiger partial charge on any atom is 0.200 e. The molecule has 0 aliphatic rings. The molecule has 0 heterocycles. The number of benzene rings is 2. The van der Waals surface area contributed by atoms with Gasteiger partial charge in [0, 0.05) is 10.0 Å². The summed E-state index contributed by atoms with van der Waals surface area (Å²) in [7, 11) is 0. The lowest BCUT2D eigenvalue weighted by Crippen LogP contribution is -2.11. The van der Waals surface area contributed by atoms with Gasteiger partial charge < -0.3 is 4.74 Å². The molecule has 0 amide bonds. The molecule has 0 aliphatic carbocycles. The highest BCUT2D eigenvalue weighted by atomic mass is 79.9. The lowest BCUT2D eigenvalue weighted by molar-refractivity contribution is 0.0921. The summed E-state index contributed by atoms with van der Waals surface area (Å²) >= 11 is 6.79. The second kappa shape index (κ2) is 7.23. The molecule has 0 fully saturated rings. The number of Topliss-reactive ketones (excluding diaryl/α,β-unsaturated/α-hetero) is 1. The number of hydrogen-bond acceptors (Lipinski definition) is 2. The Kier molecular flexibility index (Phi) is 5.59. The van der Waals surface area contributed by atoms with Crippen LogP contribution in [0.15, 0.2) is 51.4 Å². The van der Waals surface area contributed by atoms with Gasteiger partial charge in [0.25, 0.3) is 0 Å². The molecule has 0 N–H and O–H groups in total. The van der Waals surface area contributed by atoms with Crippen LogP contribution in [-0.2, 0) is 0 Å². The Hall–Kier alpha value is -1.13. The first-order valence-electron chi connectivity index (χ1n) is 6.68. The zero-order valence-electron chi connectivity index (χ0n) is 11.9. The lowest BCUT2D eigenvalue weighted by atomic mass is 10.0. The first-order chi connectivity index (χ1) is 9.97. The van der Waals surface area contributed by atoms with Crippen molar-refractivity contribution >= 4 is 37.6 Å². The number of ether oxygens (including phenoxy) is 1. The van der Waals surface area contributed by atoms with E-state index in [2.05, 4.69) is 45.7 Å². The Balaban J connectivity index is 2.01. The van der Waals surface area contributed by atoms with Gasteiger partial charge >= 0.3 is 0 Å². The fourth-order valence-corrected chi connectivity index (χ4v) is 3.03. The van der Waals surface area contributed by atoms with Crippen molar-refractivity contribution in [3.8, 4) is 5.75 Å². The molecule has 2 rings (SSSR count). The third-order valence-corrected chi connectivity index (χ3v) is 4.26. The molecule has 0 unspecified atom stereocenters. The SMILES string of the molecule is CC(C)c1ccc(C(=O)COc2ccc(Br)cc2Br)cc1. The molecule has 0 bridgehead atoms. The number of rotatable bonds is 5. The number of ketones is 1. The summed E-state index contributed by atoms with van der Waals surface area (Å²) in [5.74, 6) is 1.09. The third-order valence-electron chi connectivity index (χ3n) is 3.15. The van der Waals surface area contributed by atoms with Gasteiger partial charge in [0.05, 0.1) is 4.47 Å². The summed E-state index contributed by atoms with van der Waals surface area (Å²) in [6, 6.07) is 13.3. The van der Waals surface area contributed by atoms with E-state index in [0.29, 0.717) is 17.2 Å². The molecule has 0 spiro atoms. The number of carbonyl (C=O) groups excluding carboxylic acids is 1. The molecule has 0 saturated heterocycles. The van der Waals surface area contributed by atoms with Gasteiger partial charge in [0.2, 0.25) is 0 Å². The highest BCUT2D eigenvalue weighted by Crippen LogP contribution is 2.28. The van der Waals surface area contributed by atoms with Crippen LogP contribution in [0.1, 0.15) is 35.7 Å². The van der Waals surface area contributed by atoms with Crippen molar-refractivity contribution in [2.45, 2.75) is 19.8 Å². The van der Waals surface area contributed by atoms with Crippen molar-refractivity contribution in [3.05, 3.63) is 62.5 Å². The monoisotopic (exact) mass is 410 g/mol. The first-order valence-corrected chi connectivity index (χ1v) is 8.27. The second-order valence-corrected chi connectivity index (χ2v) is 6.83.